The van der Waals surface area contributed by atoms with Gasteiger partial charge in [0.1, 0.15) is 0 Å². The number of benzene rings is 4. The predicted octanol–water partition coefficient (Wildman–Crippen LogP) is 15.2. The van der Waals surface area contributed by atoms with Gasteiger partial charge >= 0.3 is 7.59 Å². The van der Waals surface area contributed by atoms with Crippen molar-refractivity contribution in [2.75, 3.05) is 45.8 Å². The molecule has 9 nitrogen and oxygen atoms in total. The minimum absolute atomic E-state index is 0.196. The Labute approximate surface area is 391 Å². The fourth-order valence-corrected chi connectivity index (χ4v) is 10.9. The number of guanidine groups is 2. The van der Waals surface area contributed by atoms with Crippen LogP contribution in [0.15, 0.2) is 87.1 Å². The van der Waals surface area contributed by atoms with Crippen LogP contribution in [0.5, 0.6) is 0 Å². The lowest BCUT2D eigenvalue weighted by atomic mass is 9.91. The number of para-hydroxylation sites is 4. The molecule has 0 N–H and O–H groups in total. The highest BCUT2D eigenvalue weighted by atomic mass is 31.2. The summed E-state index contributed by atoms with van der Waals surface area (Å²) < 4.78 is 31.1. The van der Waals surface area contributed by atoms with Crippen LogP contribution in [0, 0.1) is 0 Å². The van der Waals surface area contributed by atoms with E-state index in [1.807, 2.05) is 0 Å². The zero-order valence-electron chi connectivity index (χ0n) is 42.3. The Hall–Kier alpha value is -4.97. The third-order valence-electron chi connectivity index (χ3n) is 13.1. The van der Waals surface area contributed by atoms with Crippen LogP contribution in [0.1, 0.15) is 203 Å². The summed E-state index contributed by atoms with van der Waals surface area (Å²) in [6.07, 6.45) is 1.74. The highest BCUT2D eigenvalue weighted by Gasteiger charge is 2.41. The Balaban J connectivity index is 1.75. The van der Waals surface area contributed by atoms with E-state index in [1.165, 1.54) is 44.5 Å². The second-order valence-electron chi connectivity index (χ2n) is 20.5. The molecule has 0 bridgehead atoms. The molecule has 2 aliphatic rings. The SMILES string of the molecule is CC(C)c1cccc(C(C)C)c1N1CCN(c2c(C(C)C)cccc2C(C)C)C1=NP(=O)(N=C=O)N=C1N(c2c(C(C)C)cccc2C(C)C)CCN1c1c(C(C)C)cccc1C(C)C. The van der Waals surface area contributed by atoms with Gasteiger partial charge in [0.15, 0.2) is 0 Å². The maximum Gasteiger partial charge on any atom is 0.432 e. The Morgan fingerprint density at radius 2 is 0.569 bits per heavy atom. The quantitative estimate of drug-likeness (QED) is 0.0671. The van der Waals surface area contributed by atoms with Gasteiger partial charge < -0.3 is 19.6 Å². The van der Waals surface area contributed by atoms with Crippen molar-refractivity contribution in [3.05, 3.63) is 117 Å². The molecule has 2 fully saturated rings. The zero-order chi connectivity index (χ0) is 47.7. The summed E-state index contributed by atoms with van der Waals surface area (Å²) in [5.74, 6) is 2.52. The first-order valence-corrected chi connectivity index (χ1v) is 25.8. The highest BCUT2D eigenvalue weighted by molar-refractivity contribution is 7.60. The van der Waals surface area contributed by atoms with Gasteiger partial charge in [0.25, 0.3) is 0 Å². The lowest BCUT2D eigenvalue weighted by Crippen LogP contribution is -2.37. The van der Waals surface area contributed by atoms with E-state index in [0.29, 0.717) is 38.1 Å². The van der Waals surface area contributed by atoms with Gasteiger partial charge in [-0.25, -0.2) is 9.36 Å². The van der Waals surface area contributed by atoms with Crippen LogP contribution < -0.4 is 19.6 Å². The third-order valence-corrected chi connectivity index (χ3v) is 14.3. The molecule has 6 rings (SSSR count). The first-order valence-electron chi connectivity index (χ1n) is 24.2. The average Bonchev–Trinajstić information content (AvgIpc) is 3.85. The van der Waals surface area contributed by atoms with Gasteiger partial charge in [0.2, 0.25) is 18.0 Å². The second kappa shape index (κ2) is 20.3. The van der Waals surface area contributed by atoms with Crippen molar-refractivity contribution in [2.45, 2.75) is 158 Å². The van der Waals surface area contributed by atoms with E-state index >= 15 is 4.57 Å². The fraction of sp³-hybridized carbons (Fsp3) is 0.509. The van der Waals surface area contributed by atoms with E-state index in [0.717, 1.165) is 22.7 Å². The number of rotatable bonds is 15. The summed E-state index contributed by atoms with van der Waals surface area (Å²) in [6.45, 7) is 37.8. The van der Waals surface area contributed by atoms with Crippen LogP contribution in [-0.4, -0.2) is 44.2 Å². The average molecular weight is 898 g/mol. The molecule has 0 aliphatic carbocycles. The molecule has 0 aromatic heterocycles. The molecule has 2 aliphatic heterocycles. The van der Waals surface area contributed by atoms with Crippen molar-refractivity contribution in [3.8, 4) is 0 Å². The Morgan fingerprint density at radius 1 is 0.385 bits per heavy atom. The maximum atomic E-state index is 16.3. The summed E-state index contributed by atoms with van der Waals surface area (Å²) in [4.78, 5) is 21.8. The smallest absolute Gasteiger partial charge is 0.309 e. The third kappa shape index (κ3) is 9.93. The Morgan fingerprint density at radius 3 is 0.723 bits per heavy atom. The van der Waals surface area contributed by atoms with Gasteiger partial charge in [-0.2, -0.15) is 9.53 Å². The minimum Gasteiger partial charge on any atom is -0.309 e. The molecular weight excluding hydrogens is 822 g/mol. The summed E-state index contributed by atoms with van der Waals surface area (Å²) in [7, 11) is -4.55. The van der Waals surface area contributed by atoms with Gasteiger partial charge in [-0.1, -0.05) is 184 Å². The highest BCUT2D eigenvalue weighted by Crippen LogP contribution is 2.54. The second-order valence-corrected chi connectivity index (χ2v) is 22.1. The summed E-state index contributed by atoms with van der Waals surface area (Å²) in [6, 6.07) is 26.1. The van der Waals surface area contributed by atoms with Crippen molar-refractivity contribution in [3.63, 3.8) is 0 Å². The Bertz CT molecular complexity index is 2100. The molecule has 348 valence electrons. The van der Waals surface area contributed by atoms with E-state index in [2.05, 4.69) is 208 Å². The number of hydrogen-bond donors (Lipinski definition) is 0. The normalized spacial score (nSPS) is 14.9. The predicted molar refractivity (Wildman–Crippen MR) is 278 cm³/mol. The van der Waals surface area contributed by atoms with Crippen LogP contribution in [-0.2, 0) is 9.36 Å². The molecule has 0 unspecified atom stereocenters. The summed E-state index contributed by atoms with van der Waals surface area (Å²) in [5, 5.41) is 0. The zero-order valence-corrected chi connectivity index (χ0v) is 43.2. The van der Waals surface area contributed by atoms with E-state index in [9.17, 15) is 4.79 Å². The molecule has 4 aromatic carbocycles. The van der Waals surface area contributed by atoms with E-state index in [1.54, 1.807) is 6.08 Å². The van der Waals surface area contributed by atoms with E-state index < -0.39 is 7.59 Å². The van der Waals surface area contributed by atoms with Crippen LogP contribution in [0.25, 0.3) is 0 Å². The van der Waals surface area contributed by atoms with Crippen LogP contribution >= 0.6 is 7.59 Å². The van der Waals surface area contributed by atoms with E-state index in [4.69, 9.17) is 9.53 Å². The molecule has 0 amide bonds. The van der Waals surface area contributed by atoms with Crippen LogP contribution in [0.2, 0.25) is 0 Å². The van der Waals surface area contributed by atoms with Crippen molar-refractivity contribution < 1.29 is 9.36 Å². The van der Waals surface area contributed by atoms with Gasteiger partial charge in [-0.15, -0.1) is 4.76 Å². The van der Waals surface area contributed by atoms with Crippen molar-refractivity contribution in [1.29, 1.82) is 0 Å². The lowest BCUT2D eigenvalue weighted by Gasteiger charge is -2.33. The van der Waals surface area contributed by atoms with Crippen LogP contribution in [0.3, 0.4) is 0 Å². The number of anilines is 4. The monoisotopic (exact) mass is 898 g/mol. The number of nitrogens with zero attached hydrogens (tertiary/aromatic N) is 7. The maximum absolute atomic E-state index is 16.3. The molecule has 0 saturated carbocycles. The fourth-order valence-electron chi connectivity index (χ4n) is 9.80. The number of carbonyl (C=O) groups excluding carboxylic acids is 1. The minimum atomic E-state index is -4.55. The molecule has 2 saturated heterocycles. The molecule has 0 radical (unpaired) electrons. The van der Waals surface area contributed by atoms with Crippen molar-refractivity contribution in [2.24, 2.45) is 14.3 Å². The first-order chi connectivity index (χ1) is 30.7. The van der Waals surface area contributed by atoms with Crippen molar-refractivity contribution in [1.82, 2.24) is 0 Å². The number of hydrogen-bond acceptors (Lipinski definition) is 2. The number of isocyanates is 1. The molecule has 0 atom stereocenters. The van der Waals surface area contributed by atoms with Crippen molar-refractivity contribution >= 4 is 48.3 Å². The summed E-state index contributed by atoms with van der Waals surface area (Å²) >= 11 is 0. The molecule has 2 heterocycles. The largest absolute Gasteiger partial charge is 0.432 e. The van der Waals surface area contributed by atoms with Gasteiger partial charge in [0.05, 0.1) is 22.7 Å². The molecule has 10 heteroatoms. The topological polar surface area (TPSA) is 84.2 Å². The van der Waals surface area contributed by atoms with Gasteiger partial charge in [0, 0.05) is 26.2 Å². The first kappa shape index (κ1) is 49.5. The molecule has 65 heavy (non-hydrogen) atoms. The van der Waals surface area contributed by atoms with Gasteiger partial charge in [-0.05, 0) is 91.9 Å². The molecular formula is C55H76N7O2P. The van der Waals surface area contributed by atoms with Crippen LogP contribution in [0.4, 0.5) is 22.7 Å². The Kier molecular flexibility index (Phi) is 15.4. The summed E-state index contributed by atoms with van der Waals surface area (Å²) in [5.41, 5.74) is 13.7. The van der Waals surface area contributed by atoms with E-state index in [-0.39, 0.29) is 47.3 Å². The molecule has 0 spiro atoms. The lowest BCUT2D eigenvalue weighted by molar-refractivity contribution is 0.562. The standard InChI is InChI=1S/C55H76N7O2P/c1-34(2)42-21-17-22-43(35(3)4)50(42)59-29-30-60(51-44(36(5)6)23-18-24-45(51)37(7)8)54(59)57-65(64,56-33-63)58-55-61(52-46(38(9)10)25-19-26-47(52)39(11)12)31-32-62(55)53-48(40(13)14)27-20-28-49(53)41(15)16/h17-28,34-41H,29-32H2,1-16H3. The van der Waals surface area contributed by atoms with Gasteiger partial charge in [-0.3, -0.25) is 0 Å². The molecule has 4 aromatic rings.